The van der Waals surface area contributed by atoms with E-state index >= 15 is 0 Å². The lowest BCUT2D eigenvalue weighted by atomic mass is 9.90. The summed E-state index contributed by atoms with van der Waals surface area (Å²) in [6, 6.07) is 2.65. The summed E-state index contributed by atoms with van der Waals surface area (Å²) in [5, 5.41) is 10.7. The second kappa shape index (κ2) is 7.06. The number of H-pyrrole nitrogens is 3. The van der Waals surface area contributed by atoms with Crippen molar-refractivity contribution < 1.29 is 4.92 Å². The van der Waals surface area contributed by atoms with Gasteiger partial charge in [0.2, 0.25) is 0 Å². The lowest BCUT2D eigenvalue weighted by Crippen LogP contribution is -2.46. The van der Waals surface area contributed by atoms with Gasteiger partial charge in [-0.15, -0.1) is 0 Å². The first-order chi connectivity index (χ1) is 13.1. The fraction of sp³-hybridized carbons (Fsp3) is 0.222. The quantitative estimate of drug-likeness (QED) is 0.430. The van der Waals surface area contributed by atoms with E-state index < -0.39 is 16.0 Å². The predicted octanol–water partition coefficient (Wildman–Crippen LogP) is 0.0446. The number of imidazole rings is 1. The van der Waals surface area contributed by atoms with Gasteiger partial charge in [0.05, 0.1) is 12.0 Å². The molecule has 0 saturated heterocycles. The molecule has 3 aromatic heterocycles. The van der Waals surface area contributed by atoms with Gasteiger partial charge in [-0.3, -0.25) is 9.59 Å². The summed E-state index contributed by atoms with van der Waals surface area (Å²) in [5.74, 6) is -0.307. The summed E-state index contributed by atoms with van der Waals surface area (Å²) in [6.07, 6.45) is 5.67. The molecule has 0 fully saturated rings. The van der Waals surface area contributed by atoms with Gasteiger partial charge in [-0.1, -0.05) is 20.8 Å². The van der Waals surface area contributed by atoms with Crippen LogP contribution in [0.1, 0.15) is 37.7 Å². The molecule has 3 aromatic rings. The van der Waals surface area contributed by atoms with Crippen molar-refractivity contribution in [2.45, 2.75) is 26.2 Å². The molecule has 0 aliphatic heterocycles. The molecule has 28 heavy (non-hydrogen) atoms. The van der Waals surface area contributed by atoms with Crippen LogP contribution in [-0.2, 0) is 5.41 Å². The highest BCUT2D eigenvalue weighted by molar-refractivity contribution is 5.49. The Hall–Kier alpha value is -3.82. The Balaban J connectivity index is 2.07. The Kier molecular flexibility index (Phi) is 4.78. The van der Waals surface area contributed by atoms with Crippen LogP contribution in [0.2, 0.25) is 0 Å². The monoisotopic (exact) mass is 382 g/mol. The van der Waals surface area contributed by atoms with E-state index in [1.165, 1.54) is 36.8 Å². The standard InChI is InChI=1S/C18H18N6O4/c1-18(2,3)15-11(20-9-21-15)7-13-17(26)22-12(16(25)23-13)6-10-4-5-14(19-8-10)24(27)28/h4-9H,1-3H3,(H,20,21)(H,22,26)(H,23,25). The molecule has 0 amide bonds. The molecule has 3 rings (SSSR count). The van der Waals surface area contributed by atoms with Crippen molar-refractivity contribution in [2.75, 3.05) is 0 Å². The van der Waals surface area contributed by atoms with Gasteiger partial charge in [-0.05, 0) is 28.1 Å². The second-order valence-electron chi connectivity index (χ2n) is 7.14. The fourth-order valence-corrected chi connectivity index (χ4v) is 2.61. The molecule has 0 atom stereocenters. The Morgan fingerprint density at radius 2 is 1.68 bits per heavy atom. The van der Waals surface area contributed by atoms with Gasteiger partial charge in [0.25, 0.3) is 11.1 Å². The van der Waals surface area contributed by atoms with Gasteiger partial charge < -0.3 is 25.1 Å². The minimum Gasteiger partial charge on any atom is -0.358 e. The Labute approximate surface area is 157 Å². The van der Waals surface area contributed by atoms with Crippen LogP contribution in [0.5, 0.6) is 0 Å². The van der Waals surface area contributed by atoms with Crippen molar-refractivity contribution in [2.24, 2.45) is 0 Å². The van der Waals surface area contributed by atoms with E-state index in [1.807, 2.05) is 20.8 Å². The van der Waals surface area contributed by atoms with E-state index in [0.29, 0.717) is 11.3 Å². The third kappa shape index (κ3) is 3.95. The van der Waals surface area contributed by atoms with Crippen LogP contribution >= 0.6 is 0 Å². The summed E-state index contributed by atoms with van der Waals surface area (Å²) in [5.41, 5.74) is 0.600. The number of hydrogen-bond acceptors (Lipinski definition) is 6. The molecule has 0 bridgehead atoms. The number of nitrogens with one attached hydrogen (secondary N) is 3. The molecule has 0 aliphatic carbocycles. The van der Waals surface area contributed by atoms with Gasteiger partial charge in [0.15, 0.2) is 0 Å². The van der Waals surface area contributed by atoms with Gasteiger partial charge in [0.1, 0.15) is 16.9 Å². The number of nitrogens with zero attached hydrogens (tertiary/aromatic N) is 3. The highest BCUT2D eigenvalue weighted by Gasteiger charge is 2.19. The molecule has 3 N–H and O–H groups in total. The minimum absolute atomic E-state index is 0.0101. The number of pyridine rings is 1. The summed E-state index contributed by atoms with van der Waals surface area (Å²) in [7, 11) is 0. The van der Waals surface area contributed by atoms with Gasteiger partial charge in [0, 0.05) is 22.7 Å². The van der Waals surface area contributed by atoms with E-state index in [2.05, 4.69) is 24.9 Å². The average Bonchev–Trinajstić information content (AvgIpc) is 3.08. The number of nitro groups is 1. The van der Waals surface area contributed by atoms with Crippen molar-refractivity contribution in [3.05, 3.63) is 83.1 Å². The SMILES string of the molecule is CC(C)(C)c1[nH]cnc1C=c1[nH]c(=O)c(=Cc2ccc([N+](=O)[O-])nc2)[nH]c1=O. The maximum atomic E-state index is 12.4. The number of aromatic amines is 3. The molecule has 0 radical (unpaired) electrons. The third-order valence-electron chi connectivity index (χ3n) is 3.95. The smallest absolute Gasteiger partial charge is 0.358 e. The van der Waals surface area contributed by atoms with Crippen LogP contribution in [0, 0.1) is 10.1 Å². The first-order valence-corrected chi connectivity index (χ1v) is 8.35. The maximum Gasteiger partial charge on any atom is 0.363 e. The number of hydrogen-bond donors (Lipinski definition) is 3. The normalized spacial score (nSPS) is 13.1. The molecule has 0 unspecified atom stereocenters. The van der Waals surface area contributed by atoms with Gasteiger partial charge in [-0.25, -0.2) is 4.98 Å². The molecule has 0 aromatic carbocycles. The summed E-state index contributed by atoms with van der Waals surface area (Å²) in [6.45, 7) is 6.00. The first kappa shape index (κ1) is 19.0. The molecular weight excluding hydrogens is 364 g/mol. The zero-order chi connectivity index (χ0) is 20.5. The van der Waals surface area contributed by atoms with Crippen molar-refractivity contribution in [3.8, 4) is 0 Å². The fourth-order valence-electron chi connectivity index (χ4n) is 2.61. The van der Waals surface area contributed by atoms with Gasteiger partial charge >= 0.3 is 5.82 Å². The summed E-state index contributed by atoms with van der Waals surface area (Å²) >= 11 is 0. The number of aromatic nitrogens is 5. The molecule has 0 saturated carbocycles. The van der Waals surface area contributed by atoms with Crippen molar-refractivity contribution >= 4 is 18.0 Å². The predicted molar refractivity (Wildman–Crippen MR) is 102 cm³/mol. The molecule has 10 heteroatoms. The van der Waals surface area contributed by atoms with E-state index in [1.54, 1.807) is 0 Å². The lowest BCUT2D eigenvalue weighted by Gasteiger charge is -2.16. The molecule has 10 nitrogen and oxygen atoms in total. The van der Waals surface area contributed by atoms with E-state index in [9.17, 15) is 19.7 Å². The molecule has 144 valence electrons. The van der Waals surface area contributed by atoms with Crippen molar-refractivity contribution in [1.29, 1.82) is 0 Å². The largest absolute Gasteiger partial charge is 0.363 e. The maximum absolute atomic E-state index is 12.4. The van der Waals surface area contributed by atoms with Crippen LogP contribution in [-0.4, -0.2) is 29.8 Å². The van der Waals surface area contributed by atoms with Crippen LogP contribution in [0.15, 0.2) is 34.2 Å². The Bertz CT molecular complexity index is 1260. The van der Waals surface area contributed by atoms with Crippen LogP contribution in [0.4, 0.5) is 5.82 Å². The highest BCUT2D eigenvalue weighted by Crippen LogP contribution is 2.22. The van der Waals surface area contributed by atoms with Crippen molar-refractivity contribution in [3.63, 3.8) is 0 Å². The molecule has 3 heterocycles. The van der Waals surface area contributed by atoms with Crippen LogP contribution in [0.25, 0.3) is 12.2 Å². The van der Waals surface area contributed by atoms with E-state index in [-0.39, 0.29) is 21.9 Å². The third-order valence-corrected chi connectivity index (χ3v) is 3.95. The molecular formula is C18H18N6O4. The first-order valence-electron chi connectivity index (χ1n) is 8.35. The van der Waals surface area contributed by atoms with Crippen molar-refractivity contribution in [1.82, 2.24) is 24.9 Å². The lowest BCUT2D eigenvalue weighted by molar-refractivity contribution is -0.389. The second-order valence-corrected chi connectivity index (χ2v) is 7.14. The Morgan fingerprint density at radius 3 is 2.21 bits per heavy atom. The number of rotatable bonds is 3. The van der Waals surface area contributed by atoms with E-state index in [0.717, 1.165) is 5.69 Å². The zero-order valence-corrected chi connectivity index (χ0v) is 15.4. The molecule has 0 spiro atoms. The minimum atomic E-state index is -0.621. The summed E-state index contributed by atoms with van der Waals surface area (Å²) in [4.78, 5) is 50.7. The van der Waals surface area contributed by atoms with E-state index in [4.69, 9.17) is 0 Å². The van der Waals surface area contributed by atoms with Crippen LogP contribution in [0.3, 0.4) is 0 Å². The average molecular weight is 382 g/mol. The zero-order valence-electron chi connectivity index (χ0n) is 15.4. The molecule has 0 aliphatic rings. The highest BCUT2D eigenvalue weighted by atomic mass is 16.6. The summed E-state index contributed by atoms with van der Waals surface area (Å²) < 4.78 is 0. The van der Waals surface area contributed by atoms with Crippen LogP contribution < -0.4 is 21.8 Å². The topological polar surface area (TPSA) is 150 Å². The Morgan fingerprint density at radius 1 is 1.04 bits per heavy atom. The van der Waals surface area contributed by atoms with Gasteiger partial charge in [-0.2, -0.15) is 0 Å².